The highest BCUT2D eigenvalue weighted by Gasteiger charge is 2.48. The fraction of sp³-hybridized carbons (Fsp3) is 0.696. The summed E-state index contributed by atoms with van der Waals surface area (Å²) in [5.74, 6) is -3.76. The van der Waals surface area contributed by atoms with Crippen molar-refractivity contribution < 1.29 is 44.0 Å². The van der Waals surface area contributed by atoms with Crippen LogP contribution in [0.3, 0.4) is 0 Å². The molecule has 1 saturated carbocycles. The molecule has 2 unspecified atom stereocenters. The molecule has 0 bridgehead atoms. The van der Waals surface area contributed by atoms with Gasteiger partial charge in [-0.1, -0.05) is 26.2 Å². The van der Waals surface area contributed by atoms with Crippen molar-refractivity contribution in [1.82, 2.24) is 10.2 Å². The summed E-state index contributed by atoms with van der Waals surface area (Å²) in [5, 5.41) is 28.3. The summed E-state index contributed by atoms with van der Waals surface area (Å²) in [6, 6.07) is -1.92. The predicted molar refractivity (Wildman–Crippen MR) is 121 cm³/mol. The molecule has 11 heteroatoms. The summed E-state index contributed by atoms with van der Waals surface area (Å²) in [4.78, 5) is 57.6. The Morgan fingerprint density at radius 2 is 1.62 bits per heavy atom. The minimum atomic E-state index is -1.26. The van der Waals surface area contributed by atoms with Crippen LogP contribution < -0.4 is 5.32 Å². The number of likely N-dealkylation sites (tertiary alicyclic amines) is 1. The van der Waals surface area contributed by atoms with E-state index in [1.54, 1.807) is 18.7 Å². The molecule has 1 aliphatic heterocycles. The van der Waals surface area contributed by atoms with Gasteiger partial charge in [0.25, 0.3) is 0 Å². The average molecular weight is 485 g/mol. The van der Waals surface area contributed by atoms with E-state index in [0.29, 0.717) is 31.6 Å². The SMILES string of the molecule is CCCC(NC(C)C(=O)N1[C@H](C(=O)O)C[C@@H]2CCCC[C@@H]21)C(=O)OCC.O=C(O)/C=C\C(=O)O. The minimum Gasteiger partial charge on any atom is -0.480 e. The molecule has 0 aromatic carbocycles. The second kappa shape index (κ2) is 14.3. The van der Waals surface area contributed by atoms with E-state index in [1.165, 1.54) is 0 Å². The Bertz CT molecular complexity index is 752. The van der Waals surface area contributed by atoms with Crippen molar-refractivity contribution in [2.75, 3.05) is 6.61 Å². The van der Waals surface area contributed by atoms with Gasteiger partial charge in [-0.15, -0.1) is 0 Å². The van der Waals surface area contributed by atoms with Crippen LogP contribution in [-0.4, -0.2) is 80.8 Å². The average Bonchev–Trinajstić information content (AvgIpc) is 3.17. The summed E-state index contributed by atoms with van der Waals surface area (Å²) in [5.41, 5.74) is 0. The molecular weight excluding hydrogens is 448 g/mol. The molecule has 11 nitrogen and oxygen atoms in total. The molecule has 0 spiro atoms. The number of aliphatic carboxylic acids is 3. The molecule has 0 aromatic rings. The van der Waals surface area contributed by atoms with Gasteiger partial charge in [0.15, 0.2) is 0 Å². The van der Waals surface area contributed by atoms with Gasteiger partial charge in [-0.2, -0.15) is 0 Å². The highest BCUT2D eigenvalue weighted by molar-refractivity contribution is 5.90. The number of hydrogen-bond acceptors (Lipinski definition) is 7. The molecule has 5 atom stereocenters. The van der Waals surface area contributed by atoms with E-state index in [9.17, 15) is 29.1 Å². The van der Waals surface area contributed by atoms with E-state index in [0.717, 1.165) is 32.1 Å². The van der Waals surface area contributed by atoms with Gasteiger partial charge in [-0.25, -0.2) is 14.4 Å². The number of nitrogens with zero attached hydrogens (tertiary/aromatic N) is 1. The first-order valence-corrected chi connectivity index (χ1v) is 11.6. The molecule has 34 heavy (non-hydrogen) atoms. The summed E-state index contributed by atoms with van der Waals surface area (Å²) >= 11 is 0. The molecule has 1 saturated heterocycles. The lowest BCUT2D eigenvalue weighted by Gasteiger charge is -2.35. The second-order valence-corrected chi connectivity index (χ2v) is 8.44. The molecule has 2 rings (SSSR count). The van der Waals surface area contributed by atoms with E-state index in [2.05, 4.69) is 5.32 Å². The fourth-order valence-corrected chi connectivity index (χ4v) is 4.54. The van der Waals surface area contributed by atoms with E-state index in [4.69, 9.17) is 14.9 Å². The standard InChI is InChI=1S/C19H32N2O5.C4H4O4/c1-4-8-14(19(25)26-5-2)20-12(3)17(22)21-15-10-7-6-9-13(15)11-16(21)18(23)24;5-3(6)1-2-4(7)8/h12-16,20H,4-11H2,1-3H3,(H,23,24);1-2H,(H,5,6)(H,7,8)/b;2-1-/t12?,13-,14?,15-,16-;/m0./s1. The van der Waals surface area contributed by atoms with Gasteiger partial charge in [0.2, 0.25) is 5.91 Å². The largest absolute Gasteiger partial charge is 0.480 e. The number of carboxylic acid groups (broad SMARTS) is 3. The third-order valence-corrected chi connectivity index (χ3v) is 5.97. The van der Waals surface area contributed by atoms with Crippen LogP contribution in [0, 0.1) is 5.92 Å². The van der Waals surface area contributed by atoms with Gasteiger partial charge >= 0.3 is 23.9 Å². The van der Waals surface area contributed by atoms with Gasteiger partial charge in [0, 0.05) is 18.2 Å². The smallest absolute Gasteiger partial charge is 0.328 e. The number of carbonyl (C=O) groups excluding carboxylic acids is 2. The molecule has 1 amide bonds. The first kappa shape index (κ1) is 29.1. The number of fused-ring (bicyclic) bond motifs is 1. The maximum atomic E-state index is 13.1. The predicted octanol–water partition coefficient (Wildman–Crippen LogP) is 1.65. The maximum Gasteiger partial charge on any atom is 0.328 e. The summed E-state index contributed by atoms with van der Waals surface area (Å²) in [7, 11) is 0. The zero-order valence-electron chi connectivity index (χ0n) is 19.9. The lowest BCUT2D eigenvalue weighted by Crippen LogP contribution is -2.55. The number of hydrogen-bond donors (Lipinski definition) is 4. The molecule has 0 radical (unpaired) electrons. The Balaban J connectivity index is 0.000000620. The maximum absolute atomic E-state index is 13.1. The highest BCUT2D eigenvalue weighted by atomic mass is 16.5. The Kier molecular flexibility index (Phi) is 12.3. The van der Waals surface area contributed by atoms with Crippen LogP contribution in [0.15, 0.2) is 12.2 Å². The zero-order valence-corrected chi connectivity index (χ0v) is 19.9. The lowest BCUT2D eigenvalue weighted by atomic mass is 9.84. The zero-order chi connectivity index (χ0) is 25.8. The van der Waals surface area contributed by atoms with Crippen molar-refractivity contribution in [3.8, 4) is 0 Å². The number of amides is 1. The summed E-state index contributed by atoms with van der Waals surface area (Å²) in [6.45, 7) is 5.72. The van der Waals surface area contributed by atoms with Crippen LogP contribution in [0.2, 0.25) is 0 Å². The van der Waals surface area contributed by atoms with Crippen LogP contribution >= 0.6 is 0 Å². The van der Waals surface area contributed by atoms with Crippen LogP contribution in [0.4, 0.5) is 0 Å². The second-order valence-electron chi connectivity index (χ2n) is 8.44. The van der Waals surface area contributed by atoms with E-state index in [1.807, 2.05) is 6.92 Å². The van der Waals surface area contributed by atoms with Gasteiger partial charge in [-0.3, -0.25) is 14.9 Å². The minimum absolute atomic E-state index is 0.00817. The van der Waals surface area contributed by atoms with Gasteiger partial charge in [0.1, 0.15) is 12.1 Å². The van der Waals surface area contributed by atoms with Crippen molar-refractivity contribution in [1.29, 1.82) is 0 Å². The van der Waals surface area contributed by atoms with Crippen molar-refractivity contribution in [2.45, 2.75) is 89.9 Å². The molecule has 0 aromatic heterocycles. The van der Waals surface area contributed by atoms with Crippen LogP contribution in [0.25, 0.3) is 0 Å². The monoisotopic (exact) mass is 484 g/mol. The normalized spacial score (nSPS) is 23.3. The Morgan fingerprint density at radius 1 is 1.03 bits per heavy atom. The number of esters is 1. The molecule has 1 aliphatic carbocycles. The molecule has 2 fully saturated rings. The highest BCUT2D eigenvalue weighted by Crippen LogP contribution is 2.40. The molecular formula is C23H36N2O9. The van der Waals surface area contributed by atoms with Crippen molar-refractivity contribution >= 4 is 29.8 Å². The molecule has 2 aliphatic rings. The van der Waals surface area contributed by atoms with Crippen LogP contribution in [-0.2, 0) is 28.7 Å². The third kappa shape index (κ3) is 8.77. The van der Waals surface area contributed by atoms with Crippen molar-refractivity contribution in [2.24, 2.45) is 5.92 Å². The van der Waals surface area contributed by atoms with Gasteiger partial charge in [0.05, 0.1) is 12.6 Å². The quantitative estimate of drug-likeness (QED) is 0.264. The number of ether oxygens (including phenoxy) is 1. The number of nitrogens with one attached hydrogen (secondary N) is 1. The molecule has 192 valence electrons. The number of carboxylic acids is 3. The lowest BCUT2D eigenvalue weighted by molar-refractivity contribution is -0.152. The number of rotatable bonds is 10. The Labute approximate surface area is 199 Å². The van der Waals surface area contributed by atoms with Crippen LogP contribution in [0.1, 0.15) is 65.7 Å². The summed E-state index contributed by atoms with van der Waals surface area (Å²) < 4.78 is 5.09. The van der Waals surface area contributed by atoms with Gasteiger partial charge < -0.3 is 25.0 Å². The van der Waals surface area contributed by atoms with Crippen LogP contribution in [0.5, 0.6) is 0 Å². The Morgan fingerprint density at radius 3 is 2.12 bits per heavy atom. The van der Waals surface area contributed by atoms with E-state index in [-0.39, 0.29) is 23.8 Å². The topological polar surface area (TPSA) is 171 Å². The first-order chi connectivity index (χ1) is 16.0. The molecule has 4 N–H and O–H groups in total. The van der Waals surface area contributed by atoms with Crippen molar-refractivity contribution in [3.05, 3.63) is 12.2 Å². The third-order valence-electron chi connectivity index (χ3n) is 5.97. The Hall–Kier alpha value is -2.95. The van der Waals surface area contributed by atoms with E-state index < -0.39 is 36.0 Å². The molecule has 1 heterocycles. The fourth-order valence-electron chi connectivity index (χ4n) is 4.54. The van der Waals surface area contributed by atoms with E-state index >= 15 is 0 Å². The van der Waals surface area contributed by atoms with Crippen molar-refractivity contribution in [3.63, 3.8) is 0 Å². The van der Waals surface area contributed by atoms with Gasteiger partial charge in [-0.05, 0) is 45.4 Å². The number of carbonyl (C=O) groups is 5. The summed E-state index contributed by atoms with van der Waals surface area (Å²) in [6.07, 6.45) is 6.99. The first-order valence-electron chi connectivity index (χ1n) is 11.6.